The minimum Gasteiger partial charge on any atom is -0.497 e. The SMILES string of the molecule is COc1ccc(-n2nc(C(=O)NCc3ccccn3)cc2C)cc1. The average Bonchev–Trinajstić information content (AvgIpc) is 3.02. The molecule has 0 spiro atoms. The van der Waals surface area contributed by atoms with Crippen LogP contribution >= 0.6 is 0 Å². The Morgan fingerprint density at radius 3 is 2.67 bits per heavy atom. The Kier molecular flexibility index (Phi) is 4.56. The third kappa shape index (κ3) is 3.43. The van der Waals surface area contributed by atoms with Gasteiger partial charge in [-0.2, -0.15) is 5.10 Å². The molecule has 0 aliphatic heterocycles. The molecule has 1 aromatic carbocycles. The molecule has 122 valence electrons. The van der Waals surface area contributed by atoms with Crippen LogP contribution in [0, 0.1) is 6.92 Å². The molecule has 0 fully saturated rings. The van der Waals surface area contributed by atoms with Crippen molar-refractivity contribution in [2.24, 2.45) is 0 Å². The van der Waals surface area contributed by atoms with E-state index in [0.717, 1.165) is 22.8 Å². The Morgan fingerprint density at radius 1 is 1.21 bits per heavy atom. The summed E-state index contributed by atoms with van der Waals surface area (Å²) in [6.07, 6.45) is 1.70. The van der Waals surface area contributed by atoms with Crippen LogP contribution in [0.2, 0.25) is 0 Å². The normalized spacial score (nSPS) is 10.4. The zero-order valence-electron chi connectivity index (χ0n) is 13.6. The number of carbonyl (C=O) groups is 1. The highest BCUT2D eigenvalue weighted by atomic mass is 16.5. The van der Waals surface area contributed by atoms with Crippen molar-refractivity contribution < 1.29 is 9.53 Å². The number of nitrogens with one attached hydrogen (secondary N) is 1. The second-order valence-corrected chi connectivity index (χ2v) is 5.28. The zero-order valence-corrected chi connectivity index (χ0v) is 13.6. The van der Waals surface area contributed by atoms with Crippen molar-refractivity contribution in [3.63, 3.8) is 0 Å². The van der Waals surface area contributed by atoms with Crippen molar-refractivity contribution in [3.8, 4) is 11.4 Å². The Balaban J connectivity index is 1.74. The molecule has 3 aromatic rings. The first-order valence-electron chi connectivity index (χ1n) is 7.56. The number of aromatic nitrogens is 3. The molecule has 6 heteroatoms. The van der Waals surface area contributed by atoms with E-state index in [9.17, 15) is 4.79 Å². The van der Waals surface area contributed by atoms with Crippen LogP contribution < -0.4 is 10.1 Å². The molecule has 0 bridgehead atoms. The van der Waals surface area contributed by atoms with Crippen LogP contribution in [-0.4, -0.2) is 27.8 Å². The number of methoxy groups -OCH3 is 1. The van der Waals surface area contributed by atoms with Crippen LogP contribution in [0.25, 0.3) is 5.69 Å². The molecule has 24 heavy (non-hydrogen) atoms. The number of amides is 1. The van der Waals surface area contributed by atoms with Gasteiger partial charge < -0.3 is 10.1 Å². The summed E-state index contributed by atoms with van der Waals surface area (Å²) in [5.41, 5.74) is 2.93. The highest BCUT2D eigenvalue weighted by Crippen LogP contribution is 2.16. The molecule has 2 heterocycles. The van der Waals surface area contributed by atoms with Gasteiger partial charge in [0, 0.05) is 11.9 Å². The maximum Gasteiger partial charge on any atom is 0.272 e. The van der Waals surface area contributed by atoms with E-state index in [1.807, 2.05) is 49.4 Å². The maximum atomic E-state index is 12.3. The smallest absolute Gasteiger partial charge is 0.272 e. The predicted octanol–water partition coefficient (Wildman–Crippen LogP) is 2.51. The minimum atomic E-state index is -0.226. The molecular formula is C18H18N4O2. The number of benzene rings is 1. The monoisotopic (exact) mass is 322 g/mol. The Hall–Kier alpha value is -3.15. The van der Waals surface area contributed by atoms with E-state index >= 15 is 0 Å². The third-order valence-corrected chi connectivity index (χ3v) is 3.59. The third-order valence-electron chi connectivity index (χ3n) is 3.59. The van der Waals surface area contributed by atoms with Crippen LogP contribution in [-0.2, 0) is 6.54 Å². The lowest BCUT2D eigenvalue weighted by molar-refractivity contribution is 0.0945. The lowest BCUT2D eigenvalue weighted by atomic mass is 10.3. The lowest BCUT2D eigenvalue weighted by Crippen LogP contribution is -2.23. The molecule has 0 saturated carbocycles. The van der Waals surface area contributed by atoms with Gasteiger partial charge >= 0.3 is 0 Å². The van der Waals surface area contributed by atoms with Crippen LogP contribution in [0.3, 0.4) is 0 Å². The molecule has 3 rings (SSSR count). The molecule has 0 saturated heterocycles. The summed E-state index contributed by atoms with van der Waals surface area (Å²) in [7, 11) is 1.62. The number of aryl methyl sites for hydroxylation is 1. The molecular weight excluding hydrogens is 304 g/mol. The Labute approximate surface area is 140 Å². The van der Waals surface area contributed by atoms with E-state index in [1.165, 1.54) is 0 Å². The summed E-state index contributed by atoms with van der Waals surface area (Å²) < 4.78 is 6.88. The number of pyridine rings is 1. The predicted molar refractivity (Wildman–Crippen MR) is 90.3 cm³/mol. The molecule has 1 N–H and O–H groups in total. The number of carbonyl (C=O) groups excluding carboxylic acids is 1. The molecule has 2 aromatic heterocycles. The van der Waals surface area contributed by atoms with Crippen LogP contribution in [0.4, 0.5) is 0 Å². The summed E-state index contributed by atoms with van der Waals surface area (Å²) in [6, 6.07) is 14.9. The molecule has 0 unspecified atom stereocenters. The van der Waals surface area contributed by atoms with E-state index in [0.29, 0.717) is 12.2 Å². The summed E-state index contributed by atoms with van der Waals surface area (Å²) in [5, 5.41) is 7.22. The van der Waals surface area contributed by atoms with Crippen molar-refractivity contribution in [2.75, 3.05) is 7.11 Å². The summed E-state index contributed by atoms with van der Waals surface area (Å²) in [4.78, 5) is 16.5. The molecule has 1 amide bonds. The van der Waals surface area contributed by atoms with Gasteiger partial charge in [0.1, 0.15) is 5.75 Å². The number of ether oxygens (including phenoxy) is 1. The van der Waals surface area contributed by atoms with Gasteiger partial charge in [0.25, 0.3) is 5.91 Å². The van der Waals surface area contributed by atoms with Gasteiger partial charge in [-0.25, -0.2) is 4.68 Å². The Morgan fingerprint density at radius 2 is 2.00 bits per heavy atom. The molecule has 0 aliphatic rings. The topological polar surface area (TPSA) is 69.0 Å². The van der Waals surface area contributed by atoms with Crippen molar-refractivity contribution >= 4 is 5.91 Å². The van der Waals surface area contributed by atoms with E-state index in [4.69, 9.17) is 4.74 Å². The second-order valence-electron chi connectivity index (χ2n) is 5.28. The van der Waals surface area contributed by atoms with Gasteiger partial charge in [-0.3, -0.25) is 9.78 Å². The highest BCUT2D eigenvalue weighted by Gasteiger charge is 2.13. The lowest BCUT2D eigenvalue weighted by Gasteiger charge is -2.05. The number of rotatable bonds is 5. The average molecular weight is 322 g/mol. The van der Waals surface area contributed by atoms with Gasteiger partial charge in [-0.15, -0.1) is 0 Å². The maximum absolute atomic E-state index is 12.3. The fourth-order valence-electron chi connectivity index (χ4n) is 2.33. The molecule has 0 aliphatic carbocycles. The van der Waals surface area contributed by atoms with Crippen LogP contribution in [0.15, 0.2) is 54.7 Å². The van der Waals surface area contributed by atoms with Crippen molar-refractivity contribution in [3.05, 3.63) is 71.8 Å². The van der Waals surface area contributed by atoms with Crippen LogP contribution in [0.1, 0.15) is 21.9 Å². The first-order chi connectivity index (χ1) is 11.7. The largest absolute Gasteiger partial charge is 0.497 e. The summed E-state index contributed by atoms with van der Waals surface area (Å²) in [5.74, 6) is 0.549. The number of hydrogen-bond donors (Lipinski definition) is 1. The minimum absolute atomic E-state index is 0.226. The molecule has 0 radical (unpaired) electrons. The van der Waals surface area contributed by atoms with E-state index < -0.39 is 0 Å². The van der Waals surface area contributed by atoms with Crippen LogP contribution in [0.5, 0.6) is 5.75 Å². The van der Waals surface area contributed by atoms with E-state index in [1.54, 1.807) is 24.1 Å². The fourth-order valence-corrected chi connectivity index (χ4v) is 2.33. The first kappa shape index (κ1) is 15.7. The standard InChI is InChI=1S/C18H18N4O2/c1-13-11-17(18(23)20-12-14-5-3-4-10-19-14)21-22(13)15-6-8-16(24-2)9-7-15/h3-11H,12H2,1-2H3,(H,20,23). The number of nitrogens with zero attached hydrogens (tertiary/aromatic N) is 3. The summed E-state index contributed by atoms with van der Waals surface area (Å²) in [6.45, 7) is 2.28. The quantitative estimate of drug-likeness (QED) is 0.783. The molecule has 0 atom stereocenters. The molecule has 6 nitrogen and oxygen atoms in total. The highest BCUT2D eigenvalue weighted by molar-refractivity contribution is 5.92. The Bertz CT molecular complexity index is 826. The van der Waals surface area contributed by atoms with Gasteiger partial charge in [-0.1, -0.05) is 6.07 Å². The second kappa shape index (κ2) is 6.95. The van der Waals surface area contributed by atoms with Crippen molar-refractivity contribution in [1.82, 2.24) is 20.1 Å². The summed E-state index contributed by atoms with van der Waals surface area (Å²) >= 11 is 0. The first-order valence-corrected chi connectivity index (χ1v) is 7.56. The number of hydrogen-bond acceptors (Lipinski definition) is 4. The van der Waals surface area contributed by atoms with Gasteiger partial charge in [0.05, 0.1) is 25.0 Å². The van der Waals surface area contributed by atoms with Gasteiger partial charge in [0.2, 0.25) is 0 Å². The van der Waals surface area contributed by atoms with Crippen molar-refractivity contribution in [2.45, 2.75) is 13.5 Å². The fraction of sp³-hybridized carbons (Fsp3) is 0.167. The van der Waals surface area contributed by atoms with Gasteiger partial charge in [-0.05, 0) is 49.4 Å². The van der Waals surface area contributed by atoms with Gasteiger partial charge in [0.15, 0.2) is 5.69 Å². The van der Waals surface area contributed by atoms with Crippen molar-refractivity contribution in [1.29, 1.82) is 0 Å². The van der Waals surface area contributed by atoms with E-state index in [2.05, 4.69) is 15.4 Å². The van der Waals surface area contributed by atoms with E-state index in [-0.39, 0.29) is 5.91 Å². The zero-order chi connectivity index (χ0) is 16.9.